The van der Waals surface area contributed by atoms with Gasteiger partial charge in [-0.25, -0.2) is 4.98 Å². The topological polar surface area (TPSA) is 96.7 Å². The zero-order valence-corrected chi connectivity index (χ0v) is 10.6. The van der Waals surface area contributed by atoms with Crippen molar-refractivity contribution in [3.8, 4) is 0 Å². The van der Waals surface area contributed by atoms with E-state index in [9.17, 15) is 4.79 Å². The van der Waals surface area contributed by atoms with Crippen LogP contribution in [-0.2, 0) is 12.8 Å². The lowest BCUT2D eigenvalue weighted by Gasteiger charge is -2.08. The van der Waals surface area contributed by atoms with E-state index >= 15 is 0 Å². The first-order valence-corrected chi connectivity index (χ1v) is 6.21. The second-order valence-corrected chi connectivity index (χ2v) is 4.13. The highest BCUT2D eigenvalue weighted by Crippen LogP contribution is 2.08. The molecule has 6 nitrogen and oxygen atoms in total. The standard InChI is InChI=1S/C13H17N5O/c14-7-5-10-3-1-2-4-11(10)13(19)15-8-6-12-16-9-17-18-12/h1-4,9H,5-8,14H2,(H,15,19)(H,16,17,18). The van der Waals surface area contributed by atoms with Crippen molar-refractivity contribution in [1.82, 2.24) is 20.5 Å². The van der Waals surface area contributed by atoms with E-state index in [1.165, 1.54) is 6.33 Å². The SMILES string of the molecule is NCCc1ccccc1C(=O)NCCc1ncn[nH]1. The Labute approximate surface area is 111 Å². The molecule has 1 heterocycles. The van der Waals surface area contributed by atoms with E-state index in [1.54, 1.807) is 0 Å². The molecule has 0 fully saturated rings. The van der Waals surface area contributed by atoms with Crippen LogP contribution in [0.4, 0.5) is 0 Å². The number of carbonyl (C=O) groups is 1. The predicted molar refractivity (Wildman–Crippen MR) is 71.6 cm³/mol. The van der Waals surface area contributed by atoms with E-state index in [0.717, 1.165) is 11.4 Å². The van der Waals surface area contributed by atoms with Crippen molar-refractivity contribution in [1.29, 1.82) is 0 Å². The molecule has 0 aliphatic heterocycles. The molecule has 6 heteroatoms. The van der Waals surface area contributed by atoms with Crippen molar-refractivity contribution in [3.05, 3.63) is 47.5 Å². The molecule has 0 bridgehead atoms. The smallest absolute Gasteiger partial charge is 0.251 e. The van der Waals surface area contributed by atoms with E-state index in [2.05, 4.69) is 20.5 Å². The molecule has 100 valence electrons. The largest absolute Gasteiger partial charge is 0.352 e. The van der Waals surface area contributed by atoms with Gasteiger partial charge in [-0.2, -0.15) is 5.10 Å². The highest BCUT2D eigenvalue weighted by atomic mass is 16.1. The second-order valence-electron chi connectivity index (χ2n) is 4.13. The van der Waals surface area contributed by atoms with Gasteiger partial charge in [0.15, 0.2) is 0 Å². The van der Waals surface area contributed by atoms with Gasteiger partial charge in [-0.15, -0.1) is 0 Å². The van der Waals surface area contributed by atoms with Crippen LogP contribution in [0.5, 0.6) is 0 Å². The summed E-state index contributed by atoms with van der Waals surface area (Å²) in [4.78, 5) is 16.1. The zero-order chi connectivity index (χ0) is 13.5. The molecule has 1 amide bonds. The Morgan fingerprint density at radius 3 is 2.89 bits per heavy atom. The Balaban J connectivity index is 1.92. The lowest BCUT2D eigenvalue weighted by atomic mass is 10.0. The third-order valence-corrected chi connectivity index (χ3v) is 2.79. The number of rotatable bonds is 6. The van der Waals surface area contributed by atoms with Gasteiger partial charge < -0.3 is 11.1 Å². The van der Waals surface area contributed by atoms with Crippen LogP contribution in [0.1, 0.15) is 21.7 Å². The normalized spacial score (nSPS) is 10.4. The van der Waals surface area contributed by atoms with E-state index in [1.807, 2.05) is 24.3 Å². The number of nitrogens with one attached hydrogen (secondary N) is 2. The summed E-state index contributed by atoms with van der Waals surface area (Å²) < 4.78 is 0. The number of amides is 1. The third kappa shape index (κ3) is 3.62. The molecule has 0 atom stereocenters. The number of nitrogens with zero attached hydrogens (tertiary/aromatic N) is 2. The Morgan fingerprint density at radius 1 is 1.32 bits per heavy atom. The highest BCUT2D eigenvalue weighted by Gasteiger charge is 2.09. The number of carbonyl (C=O) groups excluding carboxylic acids is 1. The monoisotopic (exact) mass is 259 g/mol. The van der Waals surface area contributed by atoms with Crippen LogP contribution < -0.4 is 11.1 Å². The maximum atomic E-state index is 12.1. The molecule has 1 aromatic carbocycles. The van der Waals surface area contributed by atoms with Crippen molar-refractivity contribution < 1.29 is 4.79 Å². The van der Waals surface area contributed by atoms with Gasteiger partial charge in [0.25, 0.3) is 5.91 Å². The third-order valence-electron chi connectivity index (χ3n) is 2.79. The maximum absolute atomic E-state index is 12.1. The number of hydrogen-bond acceptors (Lipinski definition) is 4. The van der Waals surface area contributed by atoms with Crippen LogP contribution in [-0.4, -0.2) is 34.2 Å². The molecule has 0 spiro atoms. The second kappa shape index (κ2) is 6.65. The summed E-state index contributed by atoms with van der Waals surface area (Å²) in [6, 6.07) is 7.51. The zero-order valence-electron chi connectivity index (χ0n) is 10.6. The molecule has 0 unspecified atom stereocenters. The van der Waals surface area contributed by atoms with Crippen molar-refractivity contribution in [2.24, 2.45) is 5.73 Å². The first-order chi connectivity index (χ1) is 9.31. The lowest BCUT2D eigenvalue weighted by Crippen LogP contribution is -2.27. The molecule has 4 N–H and O–H groups in total. The Hall–Kier alpha value is -2.21. The van der Waals surface area contributed by atoms with E-state index in [0.29, 0.717) is 31.5 Å². The molecule has 2 rings (SSSR count). The van der Waals surface area contributed by atoms with Crippen LogP contribution in [0.15, 0.2) is 30.6 Å². The van der Waals surface area contributed by atoms with Crippen molar-refractivity contribution in [2.75, 3.05) is 13.1 Å². The molecule has 0 saturated heterocycles. The van der Waals surface area contributed by atoms with Gasteiger partial charge in [0.1, 0.15) is 12.2 Å². The average Bonchev–Trinajstić information content (AvgIpc) is 2.93. The van der Waals surface area contributed by atoms with E-state index < -0.39 is 0 Å². The minimum atomic E-state index is -0.0800. The van der Waals surface area contributed by atoms with Crippen LogP contribution in [0.25, 0.3) is 0 Å². The number of H-pyrrole nitrogens is 1. The van der Waals surface area contributed by atoms with Gasteiger partial charge in [-0.3, -0.25) is 9.89 Å². The summed E-state index contributed by atoms with van der Waals surface area (Å²) in [6.45, 7) is 1.05. The van der Waals surface area contributed by atoms with Crippen LogP contribution in [0, 0.1) is 0 Å². The minimum absolute atomic E-state index is 0.0800. The summed E-state index contributed by atoms with van der Waals surface area (Å²) in [7, 11) is 0. The first-order valence-electron chi connectivity index (χ1n) is 6.21. The van der Waals surface area contributed by atoms with Crippen molar-refractivity contribution >= 4 is 5.91 Å². The van der Waals surface area contributed by atoms with Gasteiger partial charge >= 0.3 is 0 Å². The molecule has 0 aliphatic rings. The maximum Gasteiger partial charge on any atom is 0.251 e. The number of hydrogen-bond donors (Lipinski definition) is 3. The van der Waals surface area contributed by atoms with Gasteiger partial charge in [0, 0.05) is 18.5 Å². The first kappa shape index (κ1) is 13.2. The summed E-state index contributed by atoms with van der Waals surface area (Å²) in [5.74, 6) is 0.680. The highest BCUT2D eigenvalue weighted by molar-refractivity contribution is 5.95. The minimum Gasteiger partial charge on any atom is -0.352 e. The van der Waals surface area contributed by atoms with Crippen LogP contribution in [0.3, 0.4) is 0 Å². The summed E-state index contributed by atoms with van der Waals surface area (Å²) >= 11 is 0. The van der Waals surface area contributed by atoms with E-state index in [4.69, 9.17) is 5.73 Å². The fraction of sp³-hybridized carbons (Fsp3) is 0.308. The number of aromatic nitrogens is 3. The van der Waals surface area contributed by atoms with Gasteiger partial charge in [0.2, 0.25) is 0 Å². The Bertz CT molecular complexity index is 524. The molecular weight excluding hydrogens is 242 g/mol. The predicted octanol–water partition coefficient (Wildman–Crippen LogP) is 0.278. The average molecular weight is 259 g/mol. The molecular formula is C13H17N5O. The summed E-state index contributed by atoms with van der Waals surface area (Å²) in [6.07, 6.45) is 2.78. The van der Waals surface area contributed by atoms with Crippen molar-refractivity contribution in [2.45, 2.75) is 12.8 Å². The summed E-state index contributed by atoms with van der Waals surface area (Å²) in [5, 5.41) is 9.38. The van der Waals surface area contributed by atoms with Gasteiger partial charge in [0.05, 0.1) is 0 Å². The quantitative estimate of drug-likeness (QED) is 0.694. The van der Waals surface area contributed by atoms with E-state index in [-0.39, 0.29) is 5.91 Å². The number of benzene rings is 1. The van der Waals surface area contributed by atoms with Crippen LogP contribution >= 0.6 is 0 Å². The van der Waals surface area contributed by atoms with Crippen LogP contribution in [0.2, 0.25) is 0 Å². The molecule has 19 heavy (non-hydrogen) atoms. The van der Waals surface area contributed by atoms with Gasteiger partial charge in [-0.1, -0.05) is 18.2 Å². The molecule has 0 radical (unpaired) electrons. The molecule has 2 aromatic rings. The van der Waals surface area contributed by atoms with Gasteiger partial charge in [-0.05, 0) is 24.6 Å². The molecule has 0 saturated carbocycles. The molecule has 0 aliphatic carbocycles. The fourth-order valence-electron chi connectivity index (χ4n) is 1.86. The number of nitrogens with two attached hydrogens (primary N) is 1. The molecule has 1 aromatic heterocycles. The number of aromatic amines is 1. The Morgan fingerprint density at radius 2 is 2.16 bits per heavy atom. The lowest BCUT2D eigenvalue weighted by molar-refractivity contribution is 0.0953. The fourth-order valence-corrected chi connectivity index (χ4v) is 1.86. The summed E-state index contributed by atoms with van der Waals surface area (Å²) in [5.41, 5.74) is 7.20. The Kier molecular flexibility index (Phi) is 4.63. The van der Waals surface area contributed by atoms with Crippen molar-refractivity contribution in [3.63, 3.8) is 0 Å².